The molecule has 2 aromatic rings. The minimum Gasteiger partial charge on any atom is -0.480 e. The maximum atomic E-state index is 13.5. The van der Waals surface area contributed by atoms with Crippen molar-refractivity contribution in [1.82, 2.24) is 10.2 Å². The van der Waals surface area contributed by atoms with Gasteiger partial charge in [0.25, 0.3) is 0 Å². The number of amides is 1. The van der Waals surface area contributed by atoms with Crippen LogP contribution < -0.4 is 5.32 Å². The molecule has 36 heavy (non-hydrogen) atoms. The number of ether oxygens (including phenoxy) is 1. The smallest absolute Gasteiger partial charge is 0.326 e. The van der Waals surface area contributed by atoms with Crippen molar-refractivity contribution in [3.8, 4) is 0 Å². The molecule has 0 spiro atoms. The molecule has 8 heteroatoms. The molecule has 1 aliphatic carbocycles. The van der Waals surface area contributed by atoms with Gasteiger partial charge in [0.1, 0.15) is 12.1 Å². The van der Waals surface area contributed by atoms with E-state index in [1.807, 2.05) is 12.1 Å². The zero-order valence-corrected chi connectivity index (χ0v) is 21.8. The number of esters is 1. The fourth-order valence-electron chi connectivity index (χ4n) is 5.64. The molecule has 0 radical (unpaired) electrons. The molecule has 1 saturated carbocycles. The third kappa shape index (κ3) is 6.03. The fourth-order valence-corrected chi connectivity index (χ4v) is 6.65. The van der Waals surface area contributed by atoms with Gasteiger partial charge in [-0.15, -0.1) is 0 Å². The first kappa shape index (κ1) is 26.5. The molecule has 2 fully saturated rings. The highest BCUT2D eigenvalue weighted by atomic mass is 32.2. The highest BCUT2D eigenvalue weighted by Crippen LogP contribution is 2.40. The van der Waals surface area contributed by atoms with Gasteiger partial charge in [-0.1, -0.05) is 55.3 Å². The van der Waals surface area contributed by atoms with Crippen molar-refractivity contribution < 1.29 is 24.2 Å². The van der Waals surface area contributed by atoms with Crippen LogP contribution in [0.5, 0.6) is 0 Å². The van der Waals surface area contributed by atoms with Gasteiger partial charge in [-0.3, -0.25) is 14.9 Å². The molecule has 0 bridgehead atoms. The number of carbonyl (C=O) groups excluding carboxylic acids is 2. The molecule has 194 valence electrons. The van der Waals surface area contributed by atoms with Crippen molar-refractivity contribution in [2.24, 2.45) is 5.92 Å². The lowest BCUT2D eigenvalue weighted by Gasteiger charge is -2.35. The number of carboxylic acid groups (broad SMARTS) is 1. The van der Waals surface area contributed by atoms with Crippen LogP contribution in [0, 0.1) is 5.92 Å². The summed E-state index contributed by atoms with van der Waals surface area (Å²) in [5.74, 6) is -0.174. The predicted octanol–water partition coefficient (Wildman–Crippen LogP) is 4.23. The summed E-state index contributed by atoms with van der Waals surface area (Å²) in [5, 5.41) is 15.3. The third-order valence-corrected chi connectivity index (χ3v) is 8.49. The van der Waals surface area contributed by atoms with E-state index in [0.29, 0.717) is 12.2 Å². The SMILES string of the molecule is CCOC(=O)[C@H](CSCc1ccc2ccccc2c1)N[C@H](C)C(=O)N1[C@@H]2CCCC[C@@H]2C[C@H]1C(=O)O. The molecular formula is C28H36N2O5S. The molecule has 1 saturated heterocycles. The number of thioether (sulfide) groups is 1. The van der Waals surface area contributed by atoms with E-state index in [4.69, 9.17) is 4.74 Å². The Labute approximate surface area is 216 Å². The van der Waals surface area contributed by atoms with E-state index in [0.717, 1.165) is 37.0 Å². The molecule has 2 aliphatic rings. The summed E-state index contributed by atoms with van der Waals surface area (Å²) in [6, 6.07) is 12.4. The first-order valence-electron chi connectivity index (χ1n) is 12.9. The zero-order chi connectivity index (χ0) is 25.7. The van der Waals surface area contributed by atoms with Crippen LogP contribution in [0.1, 0.15) is 51.5 Å². The summed E-state index contributed by atoms with van der Waals surface area (Å²) >= 11 is 1.60. The number of nitrogens with one attached hydrogen (secondary N) is 1. The molecule has 2 aromatic carbocycles. The Kier molecular flexibility index (Phi) is 8.90. The second-order valence-corrected chi connectivity index (χ2v) is 10.9. The molecule has 1 aliphatic heterocycles. The van der Waals surface area contributed by atoms with Crippen LogP contribution in [-0.2, 0) is 24.9 Å². The number of nitrogens with zero attached hydrogens (tertiary/aromatic N) is 1. The third-order valence-electron chi connectivity index (χ3n) is 7.39. The van der Waals surface area contributed by atoms with Crippen LogP contribution in [-0.4, -0.2) is 64.4 Å². The largest absolute Gasteiger partial charge is 0.480 e. The summed E-state index contributed by atoms with van der Waals surface area (Å²) in [5.41, 5.74) is 1.16. The lowest BCUT2D eigenvalue weighted by atomic mass is 9.84. The van der Waals surface area contributed by atoms with Crippen LogP contribution in [0.4, 0.5) is 0 Å². The molecule has 1 amide bonds. The van der Waals surface area contributed by atoms with E-state index in [-0.39, 0.29) is 24.5 Å². The molecular weight excluding hydrogens is 476 g/mol. The number of carbonyl (C=O) groups is 3. The van der Waals surface area contributed by atoms with Gasteiger partial charge in [-0.05, 0) is 55.4 Å². The van der Waals surface area contributed by atoms with Crippen LogP contribution >= 0.6 is 11.8 Å². The van der Waals surface area contributed by atoms with E-state index in [2.05, 4.69) is 35.6 Å². The average molecular weight is 513 g/mol. The number of hydrogen-bond acceptors (Lipinski definition) is 6. The number of hydrogen-bond donors (Lipinski definition) is 2. The van der Waals surface area contributed by atoms with Gasteiger partial charge in [0.15, 0.2) is 0 Å². The van der Waals surface area contributed by atoms with E-state index in [1.165, 1.54) is 10.8 Å². The quantitative estimate of drug-likeness (QED) is 0.460. The van der Waals surface area contributed by atoms with E-state index in [1.54, 1.807) is 30.5 Å². The summed E-state index contributed by atoms with van der Waals surface area (Å²) in [6.07, 6.45) is 4.42. The van der Waals surface area contributed by atoms with Crippen LogP contribution in [0.3, 0.4) is 0 Å². The molecule has 7 nitrogen and oxygen atoms in total. The summed E-state index contributed by atoms with van der Waals surface area (Å²) in [4.78, 5) is 39.8. The van der Waals surface area contributed by atoms with Gasteiger partial charge < -0.3 is 14.7 Å². The Bertz CT molecular complexity index is 1090. The summed E-state index contributed by atoms with van der Waals surface area (Å²) < 4.78 is 5.28. The maximum Gasteiger partial charge on any atom is 0.326 e. The Morgan fingerprint density at radius 1 is 1.14 bits per heavy atom. The Morgan fingerprint density at radius 3 is 2.64 bits per heavy atom. The van der Waals surface area contributed by atoms with E-state index < -0.39 is 30.1 Å². The van der Waals surface area contributed by atoms with Crippen molar-refractivity contribution in [3.63, 3.8) is 0 Å². The van der Waals surface area contributed by atoms with Gasteiger partial charge >= 0.3 is 11.9 Å². The predicted molar refractivity (Wildman–Crippen MR) is 142 cm³/mol. The van der Waals surface area contributed by atoms with Crippen molar-refractivity contribution in [2.75, 3.05) is 12.4 Å². The van der Waals surface area contributed by atoms with E-state index >= 15 is 0 Å². The molecule has 0 unspecified atom stereocenters. The Hall–Kier alpha value is -2.58. The number of carboxylic acids is 1. The Morgan fingerprint density at radius 2 is 1.89 bits per heavy atom. The monoisotopic (exact) mass is 512 g/mol. The molecule has 1 heterocycles. The van der Waals surface area contributed by atoms with Crippen LogP contribution in [0.15, 0.2) is 42.5 Å². The van der Waals surface area contributed by atoms with Gasteiger partial charge in [-0.25, -0.2) is 4.79 Å². The molecule has 0 aromatic heterocycles. The van der Waals surface area contributed by atoms with Crippen LogP contribution in [0.2, 0.25) is 0 Å². The second-order valence-electron chi connectivity index (χ2n) is 9.84. The standard InChI is InChI=1S/C28H36N2O5S/c1-3-35-28(34)23(17-36-16-19-12-13-20-8-4-5-9-21(20)14-19)29-18(2)26(31)30-24-11-7-6-10-22(24)15-25(30)27(32)33/h4-5,8-9,12-14,18,22-25,29H,3,6-7,10-11,15-17H2,1-2H3,(H,32,33)/t18-,22-,23+,24-,25+/m1/s1. The lowest BCUT2D eigenvalue weighted by molar-refractivity contribution is -0.151. The molecule has 2 N–H and O–H groups in total. The van der Waals surface area contributed by atoms with Gasteiger partial charge in [0.2, 0.25) is 5.91 Å². The normalized spacial score (nSPS) is 23.2. The first-order valence-corrected chi connectivity index (χ1v) is 14.1. The Balaban J connectivity index is 1.40. The molecule has 5 atom stereocenters. The average Bonchev–Trinajstić information content (AvgIpc) is 3.27. The second kappa shape index (κ2) is 12.1. The van der Waals surface area contributed by atoms with Crippen LogP contribution in [0.25, 0.3) is 10.8 Å². The summed E-state index contributed by atoms with van der Waals surface area (Å²) in [7, 11) is 0. The van der Waals surface area contributed by atoms with E-state index in [9.17, 15) is 19.5 Å². The van der Waals surface area contributed by atoms with Crippen molar-refractivity contribution in [2.45, 2.75) is 75.9 Å². The van der Waals surface area contributed by atoms with Crippen molar-refractivity contribution in [3.05, 3.63) is 48.0 Å². The zero-order valence-electron chi connectivity index (χ0n) is 21.0. The number of fused-ring (bicyclic) bond motifs is 2. The number of rotatable bonds is 10. The topological polar surface area (TPSA) is 95.9 Å². The van der Waals surface area contributed by atoms with Gasteiger partial charge in [0, 0.05) is 17.5 Å². The highest BCUT2D eigenvalue weighted by molar-refractivity contribution is 7.98. The van der Waals surface area contributed by atoms with Gasteiger partial charge in [0.05, 0.1) is 12.6 Å². The highest BCUT2D eigenvalue weighted by Gasteiger charge is 2.48. The minimum atomic E-state index is -0.946. The molecule has 4 rings (SSSR count). The van der Waals surface area contributed by atoms with Crippen molar-refractivity contribution >= 4 is 40.4 Å². The summed E-state index contributed by atoms with van der Waals surface area (Å²) in [6.45, 7) is 3.74. The lowest BCUT2D eigenvalue weighted by Crippen LogP contribution is -2.56. The first-order chi connectivity index (χ1) is 17.4. The minimum absolute atomic E-state index is 0.0279. The fraction of sp³-hybridized carbons (Fsp3) is 0.536. The number of likely N-dealkylation sites (tertiary alicyclic amines) is 1. The van der Waals surface area contributed by atoms with Crippen molar-refractivity contribution in [1.29, 1.82) is 0 Å². The number of aliphatic carboxylic acids is 1. The number of benzene rings is 2. The van der Waals surface area contributed by atoms with Gasteiger partial charge in [-0.2, -0.15) is 11.8 Å². The maximum absolute atomic E-state index is 13.5.